The molecule has 0 heterocycles. The van der Waals surface area contributed by atoms with E-state index in [1.54, 1.807) is 0 Å². The van der Waals surface area contributed by atoms with Crippen LogP contribution < -0.4 is 0 Å². The monoisotopic (exact) mass is 447 g/mol. The van der Waals surface area contributed by atoms with Gasteiger partial charge >= 0.3 is 0 Å². The highest BCUT2D eigenvalue weighted by atomic mass is 16.3. The molecule has 0 bridgehead atoms. The maximum Gasteiger partial charge on any atom is 0.0991 e. The fourth-order valence-corrected chi connectivity index (χ4v) is 9.61. The molecule has 0 aliphatic heterocycles. The standard InChI is InChI=1S/C31H45NO/c1-4-15-31(33)17-14-26-24(19-31)8-11-28-27(26)13-16-30(3)25(10-12-29(28)30)9-7-23-6-5-22(20-32)18-21(23)2/h5-6,18,24-29,33H,4,7-17,19H2,1-3H3/t24-,25+,26+,27-,28-,29+,30-,31-/m1/s1. The minimum Gasteiger partial charge on any atom is -0.390 e. The van der Waals surface area contributed by atoms with Crippen molar-refractivity contribution in [1.82, 2.24) is 0 Å². The Balaban J connectivity index is 1.25. The van der Waals surface area contributed by atoms with Gasteiger partial charge in [-0.15, -0.1) is 0 Å². The summed E-state index contributed by atoms with van der Waals surface area (Å²) in [6, 6.07) is 8.53. The van der Waals surface area contributed by atoms with Crippen molar-refractivity contribution >= 4 is 0 Å². The van der Waals surface area contributed by atoms with E-state index in [0.717, 1.165) is 66.8 Å². The van der Waals surface area contributed by atoms with Gasteiger partial charge in [-0.1, -0.05) is 26.3 Å². The lowest BCUT2D eigenvalue weighted by atomic mass is 9.48. The number of aryl methyl sites for hydroxylation is 2. The van der Waals surface area contributed by atoms with E-state index in [1.165, 1.54) is 68.9 Å². The summed E-state index contributed by atoms with van der Waals surface area (Å²) in [7, 11) is 0. The summed E-state index contributed by atoms with van der Waals surface area (Å²) in [6.07, 6.45) is 16.6. The van der Waals surface area contributed by atoms with Crippen LogP contribution in [0.25, 0.3) is 0 Å². The van der Waals surface area contributed by atoms with Gasteiger partial charge < -0.3 is 5.11 Å². The molecule has 0 spiro atoms. The van der Waals surface area contributed by atoms with Crippen LogP contribution in [-0.4, -0.2) is 10.7 Å². The van der Waals surface area contributed by atoms with Crippen LogP contribution in [0.2, 0.25) is 0 Å². The SMILES string of the molecule is CCC[C@@]1(O)CC[C@H]2[C@H](CC[C@@H]3[C@@H]2CC[C@]2(C)[C@@H](CCc4ccc(C#N)cc4C)CC[C@@H]32)C1. The van der Waals surface area contributed by atoms with Gasteiger partial charge in [-0.2, -0.15) is 5.26 Å². The average Bonchev–Trinajstić information content (AvgIpc) is 3.14. The Morgan fingerprint density at radius 3 is 2.61 bits per heavy atom. The topological polar surface area (TPSA) is 44.0 Å². The van der Waals surface area contributed by atoms with Gasteiger partial charge in [0, 0.05) is 0 Å². The van der Waals surface area contributed by atoms with E-state index in [0.29, 0.717) is 5.41 Å². The summed E-state index contributed by atoms with van der Waals surface area (Å²) < 4.78 is 0. The predicted octanol–water partition coefficient (Wildman–Crippen LogP) is 7.60. The lowest BCUT2D eigenvalue weighted by molar-refractivity contribution is -0.108. The van der Waals surface area contributed by atoms with E-state index >= 15 is 0 Å². The molecule has 0 saturated heterocycles. The van der Waals surface area contributed by atoms with Gasteiger partial charge in [0.15, 0.2) is 0 Å². The summed E-state index contributed by atoms with van der Waals surface area (Å²) in [4.78, 5) is 0. The maximum atomic E-state index is 11.1. The largest absolute Gasteiger partial charge is 0.390 e. The van der Waals surface area contributed by atoms with Gasteiger partial charge in [-0.3, -0.25) is 0 Å². The molecule has 2 heteroatoms. The van der Waals surface area contributed by atoms with E-state index in [1.807, 2.05) is 6.07 Å². The third-order valence-corrected chi connectivity index (χ3v) is 11.2. The Hall–Kier alpha value is -1.33. The second-order valence-corrected chi connectivity index (χ2v) is 12.8. The van der Waals surface area contributed by atoms with Crippen LogP contribution in [0, 0.1) is 59.2 Å². The number of hydrogen-bond donors (Lipinski definition) is 1. The van der Waals surface area contributed by atoms with Crippen molar-refractivity contribution in [2.75, 3.05) is 0 Å². The van der Waals surface area contributed by atoms with Crippen LogP contribution in [0.5, 0.6) is 0 Å². The first-order valence-electron chi connectivity index (χ1n) is 14.1. The van der Waals surface area contributed by atoms with Gasteiger partial charge in [0.1, 0.15) is 0 Å². The van der Waals surface area contributed by atoms with Gasteiger partial charge in [-0.25, -0.2) is 0 Å². The predicted molar refractivity (Wildman–Crippen MR) is 135 cm³/mol. The Morgan fingerprint density at radius 2 is 1.85 bits per heavy atom. The number of nitriles is 1. The molecule has 0 unspecified atom stereocenters. The fourth-order valence-electron chi connectivity index (χ4n) is 9.61. The van der Waals surface area contributed by atoms with Crippen molar-refractivity contribution in [3.8, 4) is 6.07 Å². The maximum absolute atomic E-state index is 11.1. The number of rotatable bonds is 5. The van der Waals surface area contributed by atoms with E-state index in [2.05, 4.69) is 39.0 Å². The highest BCUT2D eigenvalue weighted by Gasteiger charge is 2.57. The summed E-state index contributed by atoms with van der Waals surface area (Å²) in [5.74, 6) is 5.36. The number of fused-ring (bicyclic) bond motifs is 5. The van der Waals surface area contributed by atoms with Crippen molar-refractivity contribution in [2.24, 2.45) is 40.9 Å². The van der Waals surface area contributed by atoms with Gasteiger partial charge in [0.05, 0.1) is 17.2 Å². The number of hydrogen-bond acceptors (Lipinski definition) is 2. The molecule has 5 rings (SSSR count). The molecule has 1 aromatic rings. The van der Waals surface area contributed by atoms with Crippen molar-refractivity contribution in [2.45, 2.75) is 110 Å². The summed E-state index contributed by atoms with van der Waals surface area (Å²) in [5, 5.41) is 20.3. The molecule has 4 saturated carbocycles. The molecular formula is C31H45NO. The van der Waals surface area contributed by atoms with Gasteiger partial charge in [-0.05, 0) is 148 Å². The van der Waals surface area contributed by atoms with Crippen molar-refractivity contribution in [1.29, 1.82) is 5.26 Å². The second-order valence-electron chi connectivity index (χ2n) is 12.8. The molecule has 0 amide bonds. The molecule has 8 atom stereocenters. The molecule has 4 aliphatic carbocycles. The highest BCUT2D eigenvalue weighted by Crippen LogP contribution is 2.65. The molecule has 4 aliphatic rings. The van der Waals surface area contributed by atoms with Crippen LogP contribution in [0.1, 0.15) is 108 Å². The Kier molecular flexibility index (Phi) is 6.41. The average molecular weight is 448 g/mol. The first-order chi connectivity index (χ1) is 15.9. The van der Waals surface area contributed by atoms with Crippen molar-refractivity contribution < 1.29 is 5.11 Å². The normalized spacial score (nSPS) is 42.2. The number of benzene rings is 1. The molecule has 2 nitrogen and oxygen atoms in total. The van der Waals surface area contributed by atoms with Crippen molar-refractivity contribution in [3.05, 3.63) is 34.9 Å². The molecular weight excluding hydrogens is 402 g/mol. The Bertz CT molecular complexity index is 901. The van der Waals surface area contributed by atoms with Crippen LogP contribution in [0.3, 0.4) is 0 Å². The third kappa shape index (κ3) is 4.18. The van der Waals surface area contributed by atoms with E-state index in [4.69, 9.17) is 0 Å². The van der Waals surface area contributed by atoms with Crippen LogP contribution in [-0.2, 0) is 6.42 Å². The van der Waals surface area contributed by atoms with Crippen molar-refractivity contribution in [3.63, 3.8) is 0 Å². The minimum atomic E-state index is -0.353. The zero-order valence-corrected chi connectivity index (χ0v) is 21.3. The lowest BCUT2D eigenvalue weighted by Gasteiger charge is -2.57. The minimum absolute atomic E-state index is 0.353. The zero-order chi connectivity index (χ0) is 23.2. The van der Waals surface area contributed by atoms with Crippen LogP contribution in [0.15, 0.2) is 18.2 Å². The molecule has 0 radical (unpaired) electrons. The summed E-state index contributed by atoms with van der Waals surface area (Å²) in [6.45, 7) is 7.05. The molecule has 1 N–H and O–H groups in total. The van der Waals surface area contributed by atoms with Gasteiger partial charge in [0.2, 0.25) is 0 Å². The number of aliphatic hydroxyl groups is 1. The smallest absolute Gasteiger partial charge is 0.0991 e. The molecule has 0 aromatic heterocycles. The zero-order valence-electron chi connectivity index (χ0n) is 21.3. The molecule has 1 aromatic carbocycles. The summed E-state index contributed by atoms with van der Waals surface area (Å²) in [5.41, 5.74) is 3.70. The van der Waals surface area contributed by atoms with E-state index in [9.17, 15) is 10.4 Å². The second kappa shape index (κ2) is 9.03. The Morgan fingerprint density at radius 1 is 1.03 bits per heavy atom. The third-order valence-electron chi connectivity index (χ3n) is 11.2. The van der Waals surface area contributed by atoms with Gasteiger partial charge in [0.25, 0.3) is 0 Å². The first-order valence-corrected chi connectivity index (χ1v) is 14.1. The fraction of sp³-hybridized carbons (Fsp3) is 0.774. The lowest BCUT2D eigenvalue weighted by Crippen LogP contribution is -2.51. The van der Waals surface area contributed by atoms with Crippen LogP contribution >= 0.6 is 0 Å². The van der Waals surface area contributed by atoms with E-state index in [-0.39, 0.29) is 5.60 Å². The van der Waals surface area contributed by atoms with E-state index < -0.39 is 0 Å². The highest BCUT2D eigenvalue weighted by molar-refractivity contribution is 5.37. The molecule has 33 heavy (non-hydrogen) atoms. The summed E-state index contributed by atoms with van der Waals surface area (Å²) >= 11 is 0. The Labute approximate surface area is 202 Å². The first kappa shape index (κ1) is 23.4. The number of nitrogens with zero attached hydrogens (tertiary/aromatic N) is 1. The van der Waals surface area contributed by atoms with Crippen LogP contribution in [0.4, 0.5) is 0 Å². The molecule has 180 valence electrons. The quantitative estimate of drug-likeness (QED) is 0.505. The molecule has 4 fully saturated rings.